The second kappa shape index (κ2) is 4.70. The Morgan fingerprint density at radius 1 is 1.05 bits per heavy atom. The van der Waals surface area contributed by atoms with E-state index < -0.39 is 0 Å². The Labute approximate surface area is 116 Å². The monoisotopic (exact) mass is 268 g/mol. The first kappa shape index (κ1) is 11.6. The number of hydrogen-bond acceptors (Lipinski definition) is 5. The molecular weight excluding hydrogens is 252 g/mol. The lowest BCUT2D eigenvalue weighted by Gasteiger charge is -2.23. The van der Waals surface area contributed by atoms with Crippen LogP contribution in [0.2, 0.25) is 0 Å². The third-order valence-electron chi connectivity index (χ3n) is 4.02. The van der Waals surface area contributed by atoms with Crippen LogP contribution in [0.15, 0.2) is 24.3 Å². The molecule has 1 fully saturated rings. The molecule has 102 valence electrons. The Hall–Kier alpha value is -2.24. The molecule has 0 atom stereocenters. The van der Waals surface area contributed by atoms with Gasteiger partial charge < -0.3 is 5.32 Å². The molecule has 20 heavy (non-hydrogen) atoms. The zero-order valence-corrected chi connectivity index (χ0v) is 11.2. The van der Waals surface area contributed by atoms with E-state index in [1.165, 1.54) is 36.7 Å². The van der Waals surface area contributed by atoms with Crippen molar-refractivity contribution in [2.24, 2.45) is 0 Å². The minimum Gasteiger partial charge on any atom is -0.365 e. The quantitative estimate of drug-likeness (QED) is 0.773. The van der Waals surface area contributed by atoms with Gasteiger partial charge in [-0.25, -0.2) is 0 Å². The van der Waals surface area contributed by atoms with Crippen LogP contribution in [0, 0.1) is 0 Å². The van der Waals surface area contributed by atoms with Gasteiger partial charge in [0, 0.05) is 16.8 Å². The number of tetrazole rings is 1. The number of fused-ring (bicyclic) bond motifs is 3. The van der Waals surface area contributed by atoms with Gasteiger partial charge in [-0.1, -0.05) is 43.5 Å². The van der Waals surface area contributed by atoms with Crippen molar-refractivity contribution >= 4 is 22.2 Å². The average molecular weight is 268 g/mol. The molecule has 1 saturated carbocycles. The molecule has 2 aromatic heterocycles. The van der Waals surface area contributed by atoms with E-state index in [4.69, 9.17) is 0 Å². The van der Waals surface area contributed by atoms with E-state index in [9.17, 15) is 0 Å². The molecule has 6 heteroatoms. The molecular formula is C14H16N6. The zero-order chi connectivity index (χ0) is 13.4. The molecule has 0 spiro atoms. The molecule has 0 saturated heterocycles. The van der Waals surface area contributed by atoms with Crippen LogP contribution in [0.5, 0.6) is 0 Å². The number of nitrogens with one attached hydrogen (secondary N) is 1. The van der Waals surface area contributed by atoms with E-state index in [0.717, 1.165) is 16.6 Å². The topological polar surface area (TPSA) is 68.0 Å². The van der Waals surface area contributed by atoms with E-state index >= 15 is 0 Å². The fraction of sp³-hybridized carbons (Fsp3) is 0.429. The van der Waals surface area contributed by atoms with Gasteiger partial charge in [-0.2, -0.15) is 0 Å². The molecule has 0 unspecified atom stereocenters. The summed E-state index contributed by atoms with van der Waals surface area (Å²) in [6, 6.07) is 8.64. The highest BCUT2D eigenvalue weighted by molar-refractivity contribution is 5.99. The largest absolute Gasteiger partial charge is 0.365 e. The molecule has 0 radical (unpaired) electrons. The van der Waals surface area contributed by atoms with Crippen LogP contribution in [0.1, 0.15) is 32.1 Å². The number of aromatic nitrogens is 5. The van der Waals surface area contributed by atoms with Gasteiger partial charge in [-0.05, 0) is 23.3 Å². The van der Waals surface area contributed by atoms with Gasteiger partial charge in [0.15, 0.2) is 5.82 Å². The Bertz CT molecular complexity index is 744. The van der Waals surface area contributed by atoms with Crippen molar-refractivity contribution in [1.29, 1.82) is 0 Å². The lowest BCUT2D eigenvalue weighted by Crippen LogP contribution is -2.23. The summed E-state index contributed by atoms with van der Waals surface area (Å²) < 4.78 is 1.51. The van der Waals surface area contributed by atoms with E-state index in [-0.39, 0.29) is 0 Å². The molecule has 0 aliphatic heterocycles. The smallest absolute Gasteiger partial charge is 0.207 e. The summed E-state index contributed by atoms with van der Waals surface area (Å²) in [7, 11) is 0. The van der Waals surface area contributed by atoms with E-state index in [1.807, 2.05) is 18.2 Å². The summed E-state index contributed by atoms with van der Waals surface area (Å²) in [5.74, 6) is 0.882. The van der Waals surface area contributed by atoms with Crippen LogP contribution in [0.3, 0.4) is 0 Å². The van der Waals surface area contributed by atoms with Crippen LogP contribution in [0.4, 0.5) is 5.82 Å². The normalized spacial score (nSPS) is 16.8. The Balaban J connectivity index is 1.83. The van der Waals surface area contributed by atoms with Gasteiger partial charge in [-0.15, -0.1) is 14.8 Å². The number of hydrogen-bond donors (Lipinski definition) is 1. The molecule has 1 aliphatic rings. The summed E-state index contributed by atoms with van der Waals surface area (Å²) in [4.78, 5) is 0. The first-order valence-electron chi connectivity index (χ1n) is 7.15. The van der Waals surface area contributed by atoms with Crippen molar-refractivity contribution < 1.29 is 0 Å². The molecule has 0 amide bonds. The van der Waals surface area contributed by atoms with Crippen molar-refractivity contribution in [1.82, 2.24) is 25.3 Å². The van der Waals surface area contributed by atoms with Gasteiger partial charge in [0.25, 0.3) is 0 Å². The van der Waals surface area contributed by atoms with Crippen molar-refractivity contribution in [2.75, 3.05) is 5.32 Å². The molecule has 1 N–H and O–H groups in total. The highest BCUT2D eigenvalue weighted by Gasteiger charge is 2.16. The minimum absolute atomic E-state index is 0.508. The molecule has 1 aliphatic carbocycles. The molecule has 1 aromatic carbocycles. The lowest BCUT2D eigenvalue weighted by molar-refractivity contribution is 0.461. The third kappa shape index (κ3) is 1.88. The Morgan fingerprint density at radius 2 is 1.85 bits per heavy atom. The van der Waals surface area contributed by atoms with Gasteiger partial charge in [0.05, 0.1) is 0 Å². The molecule has 3 aromatic rings. The number of benzene rings is 1. The van der Waals surface area contributed by atoms with Gasteiger partial charge in [0.1, 0.15) is 0 Å². The fourth-order valence-corrected chi connectivity index (χ4v) is 2.99. The number of anilines is 1. The average Bonchev–Trinajstić information content (AvgIpc) is 2.97. The highest BCUT2D eigenvalue weighted by Crippen LogP contribution is 2.27. The molecule has 4 rings (SSSR count). The summed E-state index contributed by atoms with van der Waals surface area (Å²) in [5, 5.41) is 21.9. The predicted octanol–water partition coefficient (Wildman–Crippen LogP) is 2.42. The summed E-state index contributed by atoms with van der Waals surface area (Å²) >= 11 is 0. The van der Waals surface area contributed by atoms with Crippen LogP contribution in [-0.4, -0.2) is 31.3 Å². The number of nitrogens with zero attached hydrogens (tertiary/aromatic N) is 5. The highest BCUT2D eigenvalue weighted by atomic mass is 15.6. The molecule has 6 nitrogen and oxygen atoms in total. The molecule has 2 heterocycles. The van der Waals surface area contributed by atoms with Crippen molar-refractivity contribution in [3.05, 3.63) is 24.3 Å². The summed E-state index contributed by atoms with van der Waals surface area (Å²) in [6.45, 7) is 0. The lowest BCUT2D eigenvalue weighted by atomic mass is 9.95. The van der Waals surface area contributed by atoms with E-state index in [1.54, 1.807) is 0 Å². The maximum Gasteiger partial charge on any atom is 0.207 e. The standard InChI is InChI=1S/C14H16N6/c1-2-6-10(7-3-1)15-13-11-8-4-5-9-12(11)14-16-18-19-20(14)17-13/h4-5,8-10H,1-3,6-7H2,(H,15,17). The first-order valence-corrected chi connectivity index (χ1v) is 7.15. The SMILES string of the molecule is c1ccc2c(c1)c(NC1CCCCC1)nn1nnnc21. The van der Waals surface area contributed by atoms with Crippen molar-refractivity contribution in [2.45, 2.75) is 38.1 Å². The van der Waals surface area contributed by atoms with Crippen LogP contribution < -0.4 is 5.32 Å². The Kier molecular flexibility index (Phi) is 2.72. The van der Waals surface area contributed by atoms with Crippen LogP contribution in [-0.2, 0) is 0 Å². The van der Waals surface area contributed by atoms with Crippen molar-refractivity contribution in [3.8, 4) is 0 Å². The van der Waals surface area contributed by atoms with E-state index in [0.29, 0.717) is 11.7 Å². The summed E-state index contributed by atoms with van der Waals surface area (Å²) in [6.07, 6.45) is 6.36. The number of rotatable bonds is 2. The first-order chi connectivity index (χ1) is 9.92. The third-order valence-corrected chi connectivity index (χ3v) is 4.02. The predicted molar refractivity (Wildman–Crippen MR) is 76.6 cm³/mol. The molecule has 0 bridgehead atoms. The van der Waals surface area contributed by atoms with Gasteiger partial charge >= 0.3 is 0 Å². The maximum atomic E-state index is 4.53. The van der Waals surface area contributed by atoms with Crippen molar-refractivity contribution in [3.63, 3.8) is 0 Å². The van der Waals surface area contributed by atoms with Gasteiger partial charge in [-0.3, -0.25) is 0 Å². The van der Waals surface area contributed by atoms with E-state index in [2.05, 4.69) is 32.0 Å². The second-order valence-electron chi connectivity index (χ2n) is 5.37. The maximum absolute atomic E-state index is 4.53. The van der Waals surface area contributed by atoms with Crippen LogP contribution in [0.25, 0.3) is 16.4 Å². The zero-order valence-electron chi connectivity index (χ0n) is 11.2. The Morgan fingerprint density at radius 3 is 2.70 bits per heavy atom. The second-order valence-corrected chi connectivity index (χ2v) is 5.37. The van der Waals surface area contributed by atoms with Crippen LogP contribution >= 0.6 is 0 Å². The fourth-order valence-electron chi connectivity index (χ4n) is 2.99. The minimum atomic E-state index is 0.508. The van der Waals surface area contributed by atoms with Gasteiger partial charge in [0.2, 0.25) is 5.65 Å². The summed E-state index contributed by atoms with van der Waals surface area (Å²) in [5.41, 5.74) is 0.704.